The molecule has 0 unspecified atom stereocenters. The molecule has 92 valence electrons. The molecule has 0 aromatic heterocycles. The van der Waals surface area contributed by atoms with E-state index in [2.05, 4.69) is 36.5 Å². The number of rotatable bonds is 6. The van der Waals surface area contributed by atoms with Crippen LogP contribution in [0.3, 0.4) is 0 Å². The zero-order valence-corrected chi connectivity index (χ0v) is 12.5. The molecule has 0 fully saturated rings. The molecular weight excluding hydrogens is 267 g/mol. The van der Waals surface area contributed by atoms with Crippen LogP contribution < -0.4 is 0 Å². The zero-order valence-electron chi connectivity index (χ0n) is 9.96. The first-order chi connectivity index (χ1) is 8.33. The quantitative estimate of drug-likeness (QED) is 0.487. The summed E-state index contributed by atoms with van der Waals surface area (Å²) in [5, 5.41) is 3.24. The zero-order chi connectivity index (χ0) is 12.1. The van der Waals surface area contributed by atoms with Crippen LogP contribution in [-0.4, -0.2) is 19.8 Å². The van der Waals surface area contributed by atoms with Crippen molar-refractivity contribution in [2.75, 3.05) is 11.8 Å². The second kappa shape index (κ2) is 6.08. The van der Waals surface area contributed by atoms with Gasteiger partial charge in [-0.05, 0) is 24.9 Å². The first kappa shape index (κ1) is 13.2. The maximum absolute atomic E-state index is 6.07. The van der Waals surface area contributed by atoms with Gasteiger partial charge in [0.1, 0.15) is 8.07 Å². The highest BCUT2D eigenvalue weighted by molar-refractivity contribution is 6.93. The lowest BCUT2D eigenvalue weighted by Gasteiger charge is -2.34. The Morgan fingerprint density at radius 2 is 1.35 bits per heavy atom. The summed E-state index contributed by atoms with van der Waals surface area (Å²) >= 11 is 12.1. The van der Waals surface area contributed by atoms with E-state index in [-0.39, 0.29) is 0 Å². The SMILES string of the molecule is ClCC[Si](CCCl)(C1=CC=CC1)C1=CC=CC1. The van der Waals surface area contributed by atoms with Crippen LogP contribution in [0, 0.1) is 0 Å². The summed E-state index contributed by atoms with van der Waals surface area (Å²) in [6, 6.07) is 2.25. The van der Waals surface area contributed by atoms with E-state index in [0.29, 0.717) is 0 Å². The third kappa shape index (κ3) is 2.62. The molecule has 3 heteroatoms. The van der Waals surface area contributed by atoms with E-state index in [1.807, 2.05) is 0 Å². The Hall–Kier alpha value is -0.243. The smallest absolute Gasteiger partial charge is 0.112 e. The highest BCUT2D eigenvalue weighted by atomic mass is 35.5. The summed E-state index contributed by atoms with van der Waals surface area (Å²) in [6.07, 6.45) is 15.7. The van der Waals surface area contributed by atoms with E-state index in [0.717, 1.165) is 36.7 Å². The maximum Gasteiger partial charge on any atom is 0.112 e. The average Bonchev–Trinajstić information content (AvgIpc) is 3.02. The van der Waals surface area contributed by atoms with Crippen LogP contribution in [0.2, 0.25) is 12.1 Å². The molecule has 0 heterocycles. The molecular formula is C14H18Cl2Si. The van der Waals surface area contributed by atoms with Gasteiger partial charge in [-0.2, -0.15) is 0 Å². The molecule has 2 aliphatic rings. The molecule has 0 saturated carbocycles. The van der Waals surface area contributed by atoms with Crippen LogP contribution in [0.4, 0.5) is 0 Å². The highest BCUT2D eigenvalue weighted by Crippen LogP contribution is 2.39. The van der Waals surface area contributed by atoms with Crippen LogP contribution in [0.25, 0.3) is 0 Å². The summed E-state index contributed by atoms with van der Waals surface area (Å²) in [4.78, 5) is 0. The van der Waals surface area contributed by atoms with Crippen molar-refractivity contribution in [2.24, 2.45) is 0 Å². The van der Waals surface area contributed by atoms with Crippen LogP contribution in [0.15, 0.2) is 46.8 Å². The van der Waals surface area contributed by atoms with Crippen molar-refractivity contribution in [1.82, 2.24) is 0 Å². The van der Waals surface area contributed by atoms with Gasteiger partial charge in [-0.1, -0.05) is 46.8 Å². The molecule has 0 nitrogen and oxygen atoms in total. The molecule has 17 heavy (non-hydrogen) atoms. The summed E-state index contributed by atoms with van der Waals surface area (Å²) in [5.74, 6) is 1.50. The summed E-state index contributed by atoms with van der Waals surface area (Å²) < 4.78 is 0. The number of hydrogen-bond acceptors (Lipinski definition) is 0. The van der Waals surface area contributed by atoms with Crippen molar-refractivity contribution in [3.8, 4) is 0 Å². The highest BCUT2D eigenvalue weighted by Gasteiger charge is 2.39. The van der Waals surface area contributed by atoms with Crippen LogP contribution in [0.5, 0.6) is 0 Å². The molecule has 0 aromatic rings. The van der Waals surface area contributed by atoms with Crippen molar-refractivity contribution in [3.05, 3.63) is 46.8 Å². The van der Waals surface area contributed by atoms with Gasteiger partial charge in [0.25, 0.3) is 0 Å². The Labute approximate surface area is 115 Å². The molecule has 0 N–H and O–H groups in total. The number of allylic oxidation sites excluding steroid dienone is 8. The molecule has 0 radical (unpaired) electrons. The lowest BCUT2D eigenvalue weighted by atomic mass is 10.5. The molecule has 0 atom stereocenters. The standard InChI is InChI=1S/C14H18Cl2Si/c15-9-11-17(12-10-16,13-5-1-2-6-13)14-7-3-4-8-14/h1-5,7H,6,8-12H2. The molecule has 0 aromatic carbocycles. The van der Waals surface area contributed by atoms with E-state index in [1.54, 1.807) is 10.4 Å². The third-order valence-corrected chi connectivity index (χ3v) is 10.2. The van der Waals surface area contributed by atoms with Crippen LogP contribution in [-0.2, 0) is 0 Å². The number of halogens is 2. The van der Waals surface area contributed by atoms with Crippen molar-refractivity contribution < 1.29 is 0 Å². The van der Waals surface area contributed by atoms with Gasteiger partial charge in [0, 0.05) is 11.8 Å². The minimum absolute atomic E-state index is 0.748. The van der Waals surface area contributed by atoms with Crippen molar-refractivity contribution in [3.63, 3.8) is 0 Å². The molecule has 2 rings (SSSR count). The van der Waals surface area contributed by atoms with E-state index in [9.17, 15) is 0 Å². The fourth-order valence-corrected chi connectivity index (χ4v) is 9.28. The molecule has 0 aliphatic heterocycles. The monoisotopic (exact) mass is 284 g/mol. The lowest BCUT2D eigenvalue weighted by Crippen LogP contribution is -2.40. The van der Waals surface area contributed by atoms with Crippen molar-refractivity contribution in [1.29, 1.82) is 0 Å². The van der Waals surface area contributed by atoms with Crippen molar-refractivity contribution in [2.45, 2.75) is 24.9 Å². The molecule has 0 amide bonds. The minimum Gasteiger partial charge on any atom is -0.127 e. The van der Waals surface area contributed by atoms with Gasteiger partial charge in [-0.15, -0.1) is 23.2 Å². The van der Waals surface area contributed by atoms with E-state index in [1.165, 1.54) is 0 Å². The summed E-state index contributed by atoms with van der Waals surface area (Å²) in [5.41, 5.74) is 0. The first-order valence-electron chi connectivity index (χ1n) is 6.18. The van der Waals surface area contributed by atoms with E-state index < -0.39 is 8.07 Å². The largest absolute Gasteiger partial charge is 0.127 e. The Bertz CT molecular complexity index is 353. The van der Waals surface area contributed by atoms with Crippen LogP contribution >= 0.6 is 23.2 Å². The maximum atomic E-state index is 6.07. The van der Waals surface area contributed by atoms with Gasteiger partial charge in [0.2, 0.25) is 0 Å². The molecule has 2 aliphatic carbocycles. The molecule has 0 saturated heterocycles. The summed E-state index contributed by atoms with van der Waals surface area (Å²) in [6.45, 7) is 0. The average molecular weight is 285 g/mol. The Morgan fingerprint density at radius 1 is 0.882 bits per heavy atom. The predicted octanol–water partition coefficient (Wildman–Crippen LogP) is 4.76. The number of alkyl halides is 2. The van der Waals surface area contributed by atoms with E-state index >= 15 is 0 Å². The van der Waals surface area contributed by atoms with Gasteiger partial charge in [0.05, 0.1) is 0 Å². The van der Waals surface area contributed by atoms with Gasteiger partial charge >= 0.3 is 0 Å². The fourth-order valence-electron chi connectivity index (χ4n) is 2.90. The summed E-state index contributed by atoms with van der Waals surface area (Å²) in [7, 11) is -1.60. The van der Waals surface area contributed by atoms with Gasteiger partial charge in [-0.3, -0.25) is 0 Å². The Kier molecular flexibility index (Phi) is 4.72. The van der Waals surface area contributed by atoms with Gasteiger partial charge < -0.3 is 0 Å². The van der Waals surface area contributed by atoms with Crippen molar-refractivity contribution >= 4 is 31.3 Å². The normalized spacial score (nSPS) is 18.7. The number of hydrogen-bond donors (Lipinski definition) is 0. The first-order valence-corrected chi connectivity index (χ1v) is 9.66. The predicted molar refractivity (Wildman–Crippen MR) is 80.5 cm³/mol. The molecule has 0 bridgehead atoms. The minimum atomic E-state index is -1.60. The molecule has 0 spiro atoms. The van der Waals surface area contributed by atoms with E-state index in [4.69, 9.17) is 23.2 Å². The van der Waals surface area contributed by atoms with Gasteiger partial charge in [0.15, 0.2) is 0 Å². The lowest BCUT2D eigenvalue weighted by molar-refractivity contribution is 1.18. The fraction of sp³-hybridized carbons (Fsp3) is 0.429. The Morgan fingerprint density at radius 3 is 1.65 bits per heavy atom. The topological polar surface area (TPSA) is 0 Å². The van der Waals surface area contributed by atoms with Gasteiger partial charge in [-0.25, -0.2) is 0 Å². The second-order valence-corrected chi connectivity index (χ2v) is 9.81. The van der Waals surface area contributed by atoms with Crippen LogP contribution in [0.1, 0.15) is 12.8 Å². The Balaban J connectivity index is 2.31. The third-order valence-electron chi connectivity index (χ3n) is 3.81. The second-order valence-electron chi connectivity index (χ2n) is 4.61.